The van der Waals surface area contributed by atoms with E-state index in [4.69, 9.17) is 4.74 Å². The molecule has 12 heavy (non-hydrogen) atoms. The van der Waals surface area contributed by atoms with E-state index >= 15 is 0 Å². The summed E-state index contributed by atoms with van der Waals surface area (Å²) in [6.45, 7) is 4.14. The highest BCUT2D eigenvalue weighted by Crippen LogP contribution is 2.17. The predicted molar refractivity (Wildman–Crippen MR) is 43.7 cm³/mol. The SMILES string of the molecule is CC(C)C(O)C1COC(=O)N1C. The van der Waals surface area contributed by atoms with E-state index in [1.54, 1.807) is 7.05 Å². The van der Waals surface area contributed by atoms with Crippen LogP contribution in [0.4, 0.5) is 4.79 Å². The first-order valence-electron chi connectivity index (χ1n) is 4.11. The summed E-state index contributed by atoms with van der Waals surface area (Å²) in [5.41, 5.74) is 0. The third-order valence-electron chi connectivity index (χ3n) is 2.24. The van der Waals surface area contributed by atoms with E-state index < -0.39 is 6.10 Å². The lowest BCUT2D eigenvalue weighted by Gasteiger charge is -2.24. The lowest BCUT2D eigenvalue weighted by atomic mass is 10.0. The van der Waals surface area contributed by atoms with Crippen molar-refractivity contribution in [3.05, 3.63) is 0 Å². The van der Waals surface area contributed by atoms with E-state index in [1.165, 1.54) is 4.90 Å². The van der Waals surface area contributed by atoms with Crippen molar-refractivity contribution in [1.82, 2.24) is 4.90 Å². The first-order chi connectivity index (χ1) is 5.54. The standard InChI is InChI=1S/C8H15NO3/c1-5(2)7(10)6-4-12-8(11)9(6)3/h5-7,10H,4H2,1-3H3. The molecular formula is C8H15NO3. The van der Waals surface area contributed by atoms with Crippen molar-refractivity contribution < 1.29 is 14.6 Å². The third-order valence-corrected chi connectivity index (χ3v) is 2.24. The number of ether oxygens (including phenoxy) is 1. The quantitative estimate of drug-likeness (QED) is 0.659. The zero-order valence-corrected chi connectivity index (χ0v) is 7.65. The minimum absolute atomic E-state index is 0.145. The van der Waals surface area contributed by atoms with E-state index in [9.17, 15) is 9.90 Å². The Labute approximate surface area is 72.1 Å². The van der Waals surface area contributed by atoms with Gasteiger partial charge >= 0.3 is 6.09 Å². The highest BCUT2D eigenvalue weighted by Gasteiger charge is 2.35. The fourth-order valence-electron chi connectivity index (χ4n) is 1.28. The van der Waals surface area contributed by atoms with Gasteiger partial charge in [0.2, 0.25) is 0 Å². The van der Waals surface area contributed by atoms with Gasteiger partial charge in [-0.15, -0.1) is 0 Å². The molecule has 1 aliphatic rings. The van der Waals surface area contributed by atoms with Gasteiger partial charge in [-0.1, -0.05) is 13.8 Å². The Hall–Kier alpha value is -0.770. The summed E-state index contributed by atoms with van der Waals surface area (Å²) in [6, 6.07) is -0.183. The first-order valence-corrected chi connectivity index (χ1v) is 4.11. The third kappa shape index (κ3) is 1.53. The van der Waals surface area contributed by atoms with E-state index in [1.807, 2.05) is 13.8 Å². The molecule has 0 aromatic rings. The van der Waals surface area contributed by atoms with Gasteiger partial charge in [0, 0.05) is 7.05 Å². The average Bonchev–Trinajstić information content (AvgIpc) is 2.32. The molecule has 1 amide bonds. The van der Waals surface area contributed by atoms with Crippen molar-refractivity contribution in [2.24, 2.45) is 5.92 Å². The molecular weight excluding hydrogens is 158 g/mol. The van der Waals surface area contributed by atoms with E-state index in [2.05, 4.69) is 0 Å². The number of cyclic esters (lactones) is 1. The van der Waals surface area contributed by atoms with Crippen molar-refractivity contribution in [1.29, 1.82) is 0 Å². The summed E-state index contributed by atoms with van der Waals surface area (Å²) in [5, 5.41) is 9.64. The molecule has 1 saturated heterocycles. The Balaban J connectivity index is 2.59. The summed E-state index contributed by atoms with van der Waals surface area (Å²) < 4.78 is 4.78. The Bertz CT molecular complexity index is 181. The van der Waals surface area contributed by atoms with Gasteiger partial charge in [0.25, 0.3) is 0 Å². The summed E-state index contributed by atoms with van der Waals surface area (Å²) in [4.78, 5) is 12.4. The molecule has 70 valence electrons. The number of hydrogen-bond acceptors (Lipinski definition) is 3. The molecule has 1 heterocycles. The molecule has 0 radical (unpaired) electrons. The maximum absolute atomic E-state index is 10.9. The summed E-state index contributed by atoms with van der Waals surface area (Å²) in [5.74, 6) is 0.145. The second-order valence-corrected chi connectivity index (χ2v) is 3.49. The molecule has 0 aromatic carbocycles. The van der Waals surface area contributed by atoms with Gasteiger partial charge in [-0.05, 0) is 5.92 Å². The molecule has 0 aromatic heterocycles. The van der Waals surface area contributed by atoms with Crippen LogP contribution in [0.2, 0.25) is 0 Å². The Morgan fingerprint density at radius 2 is 2.25 bits per heavy atom. The maximum Gasteiger partial charge on any atom is 0.410 e. The number of amides is 1. The highest BCUT2D eigenvalue weighted by atomic mass is 16.6. The molecule has 0 spiro atoms. The second kappa shape index (κ2) is 3.31. The first kappa shape index (κ1) is 9.32. The largest absolute Gasteiger partial charge is 0.447 e. The van der Waals surface area contributed by atoms with Crippen LogP contribution in [-0.2, 0) is 4.74 Å². The molecule has 4 heteroatoms. The van der Waals surface area contributed by atoms with Gasteiger partial charge in [0.05, 0.1) is 12.1 Å². The average molecular weight is 173 g/mol. The van der Waals surface area contributed by atoms with Crippen LogP contribution in [0.3, 0.4) is 0 Å². The van der Waals surface area contributed by atoms with Crippen LogP contribution in [0.15, 0.2) is 0 Å². The van der Waals surface area contributed by atoms with Crippen molar-refractivity contribution in [3.8, 4) is 0 Å². The van der Waals surface area contributed by atoms with Gasteiger partial charge in [0.15, 0.2) is 0 Å². The molecule has 1 aliphatic heterocycles. The van der Waals surface area contributed by atoms with Gasteiger partial charge in [-0.2, -0.15) is 0 Å². The molecule has 1 N–H and O–H groups in total. The number of carbonyl (C=O) groups is 1. The second-order valence-electron chi connectivity index (χ2n) is 3.49. The van der Waals surface area contributed by atoms with Crippen molar-refractivity contribution >= 4 is 6.09 Å². The minimum Gasteiger partial charge on any atom is -0.447 e. The zero-order chi connectivity index (χ0) is 9.30. The number of likely N-dealkylation sites (N-methyl/N-ethyl adjacent to an activating group) is 1. The topological polar surface area (TPSA) is 49.8 Å². The maximum atomic E-state index is 10.9. The van der Waals surface area contributed by atoms with Crippen LogP contribution in [0.5, 0.6) is 0 Å². The van der Waals surface area contributed by atoms with Crippen molar-refractivity contribution in [2.75, 3.05) is 13.7 Å². The number of aliphatic hydroxyl groups excluding tert-OH is 1. The van der Waals surface area contributed by atoms with Gasteiger partial charge < -0.3 is 14.7 Å². The predicted octanol–water partition coefficient (Wildman–Crippen LogP) is 0.454. The summed E-state index contributed by atoms with van der Waals surface area (Å²) >= 11 is 0. The number of carbonyl (C=O) groups excluding carboxylic acids is 1. The lowest BCUT2D eigenvalue weighted by molar-refractivity contribution is 0.0572. The molecule has 4 nitrogen and oxygen atoms in total. The van der Waals surface area contributed by atoms with Crippen LogP contribution in [0.1, 0.15) is 13.8 Å². The van der Waals surface area contributed by atoms with Crippen LogP contribution in [0, 0.1) is 5.92 Å². The van der Waals surface area contributed by atoms with Gasteiger partial charge in [-0.25, -0.2) is 4.79 Å². The number of rotatable bonds is 2. The van der Waals surface area contributed by atoms with Crippen molar-refractivity contribution in [2.45, 2.75) is 26.0 Å². The fourth-order valence-corrected chi connectivity index (χ4v) is 1.28. The van der Waals surface area contributed by atoms with Crippen LogP contribution >= 0.6 is 0 Å². The molecule has 1 fully saturated rings. The Morgan fingerprint density at radius 3 is 2.58 bits per heavy atom. The van der Waals surface area contributed by atoms with Crippen molar-refractivity contribution in [3.63, 3.8) is 0 Å². The van der Waals surface area contributed by atoms with E-state index in [-0.39, 0.29) is 18.1 Å². The molecule has 2 unspecified atom stereocenters. The molecule has 2 atom stereocenters. The molecule has 0 bridgehead atoms. The summed E-state index contributed by atoms with van der Waals surface area (Å²) in [7, 11) is 1.64. The Morgan fingerprint density at radius 1 is 1.67 bits per heavy atom. The lowest BCUT2D eigenvalue weighted by Crippen LogP contribution is -2.42. The fraction of sp³-hybridized carbons (Fsp3) is 0.875. The zero-order valence-electron chi connectivity index (χ0n) is 7.65. The van der Waals surface area contributed by atoms with Crippen LogP contribution in [0.25, 0.3) is 0 Å². The van der Waals surface area contributed by atoms with Crippen LogP contribution in [-0.4, -0.2) is 41.9 Å². The van der Waals surface area contributed by atoms with E-state index in [0.29, 0.717) is 6.61 Å². The molecule has 0 aliphatic carbocycles. The van der Waals surface area contributed by atoms with E-state index in [0.717, 1.165) is 0 Å². The highest BCUT2D eigenvalue weighted by molar-refractivity contribution is 5.69. The number of nitrogens with zero attached hydrogens (tertiary/aromatic N) is 1. The van der Waals surface area contributed by atoms with Gasteiger partial charge in [0.1, 0.15) is 6.61 Å². The minimum atomic E-state index is -0.499. The molecule has 1 rings (SSSR count). The number of hydrogen-bond donors (Lipinski definition) is 1. The van der Waals surface area contributed by atoms with Gasteiger partial charge in [-0.3, -0.25) is 0 Å². The smallest absolute Gasteiger partial charge is 0.410 e. The number of aliphatic hydroxyl groups is 1. The normalized spacial score (nSPS) is 26.2. The van der Waals surface area contributed by atoms with Crippen LogP contribution < -0.4 is 0 Å². The molecule has 0 saturated carbocycles. The summed E-state index contributed by atoms with van der Waals surface area (Å²) in [6.07, 6.45) is -0.846. The Kier molecular flexibility index (Phi) is 2.57. The monoisotopic (exact) mass is 173 g/mol.